The Labute approximate surface area is 177 Å². The van der Waals surface area contributed by atoms with Gasteiger partial charge >= 0.3 is 0 Å². The second kappa shape index (κ2) is 9.21. The molecule has 5 nitrogen and oxygen atoms in total. The lowest BCUT2D eigenvalue weighted by atomic mass is 10.2. The normalized spacial score (nSPS) is 10.6. The van der Waals surface area contributed by atoms with Crippen molar-refractivity contribution in [2.75, 3.05) is 5.32 Å². The van der Waals surface area contributed by atoms with Crippen molar-refractivity contribution in [1.29, 1.82) is 0 Å². The number of aromatic nitrogens is 1. The number of nitrogens with zero attached hydrogens (tertiary/aromatic N) is 1. The molecule has 1 amide bonds. The Morgan fingerprint density at radius 1 is 1.00 bits per heavy atom. The van der Waals surface area contributed by atoms with E-state index >= 15 is 0 Å². The van der Waals surface area contributed by atoms with E-state index < -0.39 is 11.6 Å². The van der Waals surface area contributed by atoms with E-state index in [1.807, 2.05) is 36.4 Å². The molecule has 0 atom stereocenters. The highest BCUT2D eigenvalue weighted by molar-refractivity contribution is 5.92. The second-order valence-corrected chi connectivity index (χ2v) is 6.70. The van der Waals surface area contributed by atoms with Gasteiger partial charge in [-0.15, -0.1) is 0 Å². The Balaban J connectivity index is 1.38. The minimum absolute atomic E-state index is 0.103. The SMILES string of the molecule is O=C(CCc1ncc(-c2ccc(F)cc2F)o1)Nc1ccccc1Oc1ccccc1. The fourth-order valence-corrected chi connectivity index (χ4v) is 2.95. The lowest BCUT2D eigenvalue weighted by Crippen LogP contribution is -2.13. The van der Waals surface area contributed by atoms with Crippen molar-refractivity contribution in [2.24, 2.45) is 0 Å². The first kappa shape index (κ1) is 20.3. The van der Waals surface area contributed by atoms with Crippen molar-refractivity contribution >= 4 is 11.6 Å². The molecular formula is C24H18F2N2O3. The van der Waals surface area contributed by atoms with E-state index in [0.717, 1.165) is 12.1 Å². The van der Waals surface area contributed by atoms with E-state index in [1.54, 1.807) is 18.2 Å². The molecule has 3 aromatic carbocycles. The van der Waals surface area contributed by atoms with Crippen LogP contribution in [0.25, 0.3) is 11.3 Å². The van der Waals surface area contributed by atoms with E-state index in [1.165, 1.54) is 12.3 Å². The van der Waals surface area contributed by atoms with Gasteiger partial charge in [-0.3, -0.25) is 4.79 Å². The Hall–Kier alpha value is -4.00. The van der Waals surface area contributed by atoms with Crippen molar-refractivity contribution in [3.63, 3.8) is 0 Å². The highest BCUT2D eigenvalue weighted by atomic mass is 19.1. The lowest BCUT2D eigenvalue weighted by Gasteiger charge is -2.12. The predicted molar refractivity (Wildman–Crippen MR) is 112 cm³/mol. The Kier molecular flexibility index (Phi) is 6.03. The molecule has 0 spiro atoms. The quantitative estimate of drug-likeness (QED) is 0.399. The van der Waals surface area contributed by atoms with Crippen LogP contribution in [0.3, 0.4) is 0 Å². The minimum Gasteiger partial charge on any atom is -0.455 e. The number of amides is 1. The molecule has 0 unspecified atom stereocenters. The smallest absolute Gasteiger partial charge is 0.224 e. The summed E-state index contributed by atoms with van der Waals surface area (Å²) in [4.78, 5) is 16.5. The Morgan fingerprint density at radius 2 is 1.77 bits per heavy atom. The van der Waals surface area contributed by atoms with Crippen molar-refractivity contribution < 1.29 is 22.7 Å². The largest absolute Gasteiger partial charge is 0.455 e. The molecule has 0 fully saturated rings. The summed E-state index contributed by atoms with van der Waals surface area (Å²) in [5.41, 5.74) is 0.648. The zero-order valence-corrected chi connectivity index (χ0v) is 16.3. The van der Waals surface area contributed by atoms with Crippen LogP contribution in [-0.4, -0.2) is 10.9 Å². The van der Waals surface area contributed by atoms with Crippen LogP contribution < -0.4 is 10.1 Å². The Bertz CT molecular complexity index is 1190. The maximum Gasteiger partial charge on any atom is 0.224 e. The number of anilines is 1. The molecule has 0 bridgehead atoms. The molecule has 4 rings (SSSR count). The number of carbonyl (C=O) groups excluding carboxylic acids is 1. The van der Waals surface area contributed by atoms with Gasteiger partial charge in [-0.05, 0) is 36.4 Å². The number of nitrogens with one attached hydrogen (secondary N) is 1. The molecule has 0 saturated carbocycles. The molecule has 156 valence electrons. The Morgan fingerprint density at radius 3 is 2.58 bits per heavy atom. The van der Waals surface area contributed by atoms with Crippen LogP contribution in [0.5, 0.6) is 11.5 Å². The van der Waals surface area contributed by atoms with E-state index in [4.69, 9.17) is 9.15 Å². The first-order valence-electron chi connectivity index (χ1n) is 9.60. The maximum atomic E-state index is 13.9. The van der Waals surface area contributed by atoms with Gasteiger partial charge in [-0.25, -0.2) is 13.8 Å². The van der Waals surface area contributed by atoms with Crippen LogP contribution in [0.2, 0.25) is 0 Å². The van der Waals surface area contributed by atoms with E-state index in [2.05, 4.69) is 10.3 Å². The number of halogens is 2. The van der Waals surface area contributed by atoms with Crippen molar-refractivity contribution in [2.45, 2.75) is 12.8 Å². The molecule has 1 heterocycles. The molecule has 7 heteroatoms. The number of para-hydroxylation sites is 3. The van der Waals surface area contributed by atoms with Crippen LogP contribution in [0, 0.1) is 11.6 Å². The number of hydrogen-bond donors (Lipinski definition) is 1. The van der Waals surface area contributed by atoms with Gasteiger partial charge in [0.25, 0.3) is 0 Å². The third-order valence-electron chi connectivity index (χ3n) is 4.45. The second-order valence-electron chi connectivity index (χ2n) is 6.70. The summed E-state index contributed by atoms with van der Waals surface area (Å²) in [6.45, 7) is 0. The monoisotopic (exact) mass is 420 g/mol. The summed E-state index contributed by atoms with van der Waals surface area (Å²) >= 11 is 0. The number of carbonyl (C=O) groups is 1. The third kappa shape index (κ3) is 5.14. The van der Waals surface area contributed by atoms with Crippen molar-refractivity contribution in [3.8, 4) is 22.8 Å². The topological polar surface area (TPSA) is 64.4 Å². The molecule has 0 aliphatic heterocycles. The molecule has 31 heavy (non-hydrogen) atoms. The average Bonchev–Trinajstić information content (AvgIpc) is 3.23. The zero-order valence-electron chi connectivity index (χ0n) is 16.3. The standard InChI is InChI=1S/C24H18F2N2O3/c25-16-10-11-18(19(26)14-16)22-15-27-24(31-22)13-12-23(29)28-20-8-4-5-9-21(20)30-17-6-2-1-3-7-17/h1-11,14-15H,12-13H2,(H,28,29). The van der Waals surface area contributed by atoms with Crippen LogP contribution in [0.4, 0.5) is 14.5 Å². The van der Waals surface area contributed by atoms with Crippen molar-refractivity contribution in [1.82, 2.24) is 4.98 Å². The first-order valence-corrected chi connectivity index (χ1v) is 9.60. The number of rotatable bonds is 7. The van der Waals surface area contributed by atoms with Gasteiger partial charge in [0.15, 0.2) is 17.4 Å². The molecule has 0 aliphatic carbocycles. The molecule has 1 aromatic heterocycles. The summed E-state index contributed by atoms with van der Waals surface area (Å²) in [6, 6.07) is 19.6. The fraction of sp³-hybridized carbons (Fsp3) is 0.0833. The lowest BCUT2D eigenvalue weighted by molar-refractivity contribution is -0.116. The minimum atomic E-state index is -0.740. The number of aryl methyl sites for hydroxylation is 1. The fourth-order valence-electron chi connectivity index (χ4n) is 2.95. The highest BCUT2D eigenvalue weighted by Gasteiger charge is 2.14. The third-order valence-corrected chi connectivity index (χ3v) is 4.45. The van der Waals surface area contributed by atoms with Gasteiger partial charge in [-0.2, -0.15) is 0 Å². The number of ether oxygens (including phenoxy) is 1. The van der Waals surface area contributed by atoms with Crippen LogP contribution in [0.15, 0.2) is 83.4 Å². The molecule has 1 N–H and O–H groups in total. The highest BCUT2D eigenvalue weighted by Crippen LogP contribution is 2.29. The van der Waals surface area contributed by atoms with E-state index in [9.17, 15) is 13.6 Å². The van der Waals surface area contributed by atoms with Gasteiger partial charge in [0.2, 0.25) is 5.91 Å². The number of oxazole rings is 1. The summed E-state index contributed by atoms with van der Waals surface area (Å²) in [5.74, 6) is -0.0320. The van der Waals surface area contributed by atoms with E-state index in [-0.39, 0.29) is 36.0 Å². The predicted octanol–water partition coefficient (Wildman–Crippen LogP) is 5.98. The summed E-state index contributed by atoms with van der Waals surface area (Å²) in [5, 5.41) is 2.82. The molecular weight excluding hydrogens is 402 g/mol. The molecule has 0 aliphatic rings. The summed E-state index contributed by atoms with van der Waals surface area (Å²) < 4.78 is 38.3. The van der Waals surface area contributed by atoms with Gasteiger partial charge in [0, 0.05) is 18.9 Å². The zero-order chi connectivity index (χ0) is 21.6. The molecule has 4 aromatic rings. The summed E-state index contributed by atoms with van der Waals surface area (Å²) in [7, 11) is 0. The van der Waals surface area contributed by atoms with Gasteiger partial charge in [0.05, 0.1) is 17.4 Å². The number of benzene rings is 3. The molecule has 0 radical (unpaired) electrons. The van der Waals surface area contributed by atoms with Gasteiger partial charge in [0.1, 0.15) is 17.4 Å². The molecule has 0 saturated heterocycles. The summed E-state index contributed by atoms with van der Waals surface area (Å²) in [6.07, 6.45) is 1.68. The maximum absolute atomic E-state index is 13.9. The first-order chi connectivity index (χ1) is 15.1. The van der Waals surface area contributed by atoms with Crippen LogP contribution >= 0.6 is 0 Å². The van der Waals surface area contributed by atoms with Crippen LogP contribution in [0.1, 0.15) is 12.3 Å². The van der Waals surface area contributed by atoms with E-state index in [0.29, 0.717) is 17.2 Å². The van der Waals surface area contributed by atoms with Gasteiger partial charge in [-0.1, -0.05) is 30.3 Å². The van der Waals surface area contributed by atoms with Crippen molar-refractivity contribution in [3.05, 3.63) is 96.5 Å². The average molecular weight is 420 g/mol. The van der Waals surface area contributed by atoms with Gasteiger partial charge < -0.3 is 14.5 Å². The van der Waals surface area contributed by atoms with Crippen LogP contribution in [-0.2, 0) is 11.2 Å². The number of hydrogen-bond acceptors (Lipinski definition) is 4.